The molecule has 14 aliphatic rings. The van der Waals surface area contributed by atoms with Crippen LogP contribution in [0.3, 0.4) is 0 Å². The Balaban J connectivity index is 0.000000208. The predicted octanol–water partition coefficient (Wildman–Crippen LogP) is 35.7. The summed E-state index contributed by atoms with van der Waals surface area (Å²) in [5.74, 6) is 13.8. The molecule has 730 valence electrons. The van der Waals surface area contributed by atoms with E-state index in [4.69, 9.17) is 4.74 Å². The monoisotopic (exact) mass is 1950 g/mol. The number of ether oxygens (including phenoxy) is 1. The van der Waals surface area contributed by atoms with Gasteiger partial charge in [0.05, 0.1) is 0 Å². The van der Waals surface area contributed by atoms with Crippen molar-refractivity contribution >= 4 is 70.7 Å². The molecule has 0 amide bonds. The Morgan fingerprint density at radius 1 is 0.225 bits per heavy atom. The van der Waals surface area contributed by atoms with Crippen LogP contribution in [0.2, 0.25) is 0 Å². The average molecular weight is 1950 g/mol. The van der Waals surface area contributed by atoms with Gasteiger partial charge in [-0.2, -0.15) is 36.4 Å². The zero-order chi connectivity index (χ0) is 87.1. The van der Waals surface area contributed by atoms with E-state index in [-0.39, 0.29) is 81.7 Å². The van der Waals surface area contributed by atoms with Crippen LogP contribution in [0.5, 0.6) is 0 Å². The van der Waals surface area contributed by atoms with Crippen molar-refractivity contribution in [1.82, 2.24) is 0 Å². The first-order chi connectivity index (χ1) is 62.8. The van der Waals surface area contributed by atoms with Crippen LogP contribution in [-0.2, 0) is 38.9 Å². The number of hydrogen-bond donors (Lipinski definition) is 0. The maximum Gasteiger partial charge on any atom is 2.00 e. The second kappa shape index (κ2) is 65.1. The van der Waals surface area contributed by atoms with Gasteiger partial charge < -0.3 is 4.74 Å². The van der Waals surface area contributed by atoms with Crippen LogP contribution in [0, 0.1) is 95.7 Å². The second-order valence-electron chi connectivity index (χ2n) is 47.0. The molecule has 2 atom stereocenters. The van der Waals surface area contributed by atoms with Crippen molar-refractivity contribution in [3.8, 4) is 0 Å². The van der Waals surface area contributed by atoms with Crippen LogP contribution in [0.25, 0.3) is 0 Å². The SMILES string of the molecule is C1=C[CH-][C@H]([C@H]2C=CC=C[CH-]2)C=C1.CCOCC.[Fe+2].[Fe+2].c1ccc([B-](CP(CC2CCCCC2)CC2CCCCC2)(CP(CC2CCCCC2)CC2CCCCC2)CP(CC2CCCCC2)CC2CCCCC2)cc1.c1ccc([B-](CP(CC2CCCCC2)CC2CCCCC2)(CP(CC2CCCCC2)CC2CCCCC2)CP(CC2CCCCC2)CC2CCCCC2)cc1. The van der Waals surface area contributed by atoms with E-state index in [0.29, 0.717) is 11.8 Å². The first-order valence-electron chi connectivity index (χ1n) is 57.6. The van der Waals surface area contributed by atoms with Gasteiger partial charge in [-0.1, -0.05) is 458 Å². The van der Waals surface area contributed by atoms with E-state index >= 15 is 0 Å². The number of hydrogen-bond acceptors (Lipinski definition) is 1. The molecule has 1 nitrogen and oxygen atoms in total. The predicted molar refractivity (Wildman–Crippen MR) is 586 cm³/mol. The fourth-order valence-electron chi connectivity index (χ4n) is 29.6. The van der Waals surface area contributed by atoms with E-state index < -0.39 is 12.3 Å². The maximum atomic E-state index is 4.83. The molecule has 2 aromatic rings. The number of rotatable bonds is 41. The van der Waals surface area contributed by atoms with Gasteiger partial charge in [0.2, 0.25) is 0 Å². The van der Waals surface area contributed by atoms with Crippen LogP contribution in [0.4, 0.5) is 0 Å². The molecule has 0 N–H and O–H groups in total. The van der Waals surface area contributed by atoms with Crippen molar-refractivity contribution in [2.24, 2.45) is 82.9 Å². The minimum Gasteiger partial charge on any atom is -0.382 e. The van der Waals surface area contributed by atoms with Crippen molar-refractivity contribution in [3.63, 3.8) is 0 Å². The first-order valence-corrected chi connectivity index (χ1v) is 68.9. The summed E-state index contributed by atoms with van der Waals surface area (Å²) in [6, 6.07) is 36.0. The maximum absolute atomic E-state index is 4.83. The topological polar surface area (TPSA) is 9.23 Å². The molecule has 0 aliphatic heterocycles. The van der Waals surface area contributed by atoms with Gasteiger partial charge in [0.25, 0.3) is 0 Å². The molecule has 2 aromatic carbocycles. The van der Waals surface area contributed by atoms with E-state index in [1.807, 2.05) is 24.8 Å². The summed E-state index contributed by atoms with van der Waals surface area (Å²) in [4.78, 5) is 0. The Morgan fingerprint density at radius 3 is 0.504 bits per heavy atom. The Bertz CT molecular complexity index is 2650. The Morgan fingerprint density at radius 2 is 0.380 bits per heavy atom. The van der Waals surface area contributed by atoms with Crippen LogP contribution < -0.4 is 10.9 Å². The van der Waals surface area contributed by atoms with Gasteiger partial charge in [-0.15, -0.1) is 71.8 Å². The molecule has 0 unspecified atom stereocenters. The minimum atomic E-state index is -0.557. The molecule has 0 saturated heterocycles. The smallest absolute Gasteiger partial charge is 0.382 e. The molecule has 14 aliphatic carbocycles. The van der Waals surface area contributed by atoms with Gasteiger partial charge in [0.1, 0.15) is 0 Å². The standard InChI is InChI=1S/2C51H89BP3.C12H12.C4H10O.2Fe/c2*1-8-22-45(23-9-1)36-53(37-46-24-10-2-11-25-46)42-52(51-34-20-7-21-35-51,43-54(38-47-26-12-3-13-27-47)39-48-28-14-4-15-29-48)44-55(40-49-30-16-5-17-31-49)41-50-32-18-6-19-33-50;1-3-7-11(8-4-1)12-9-5-2-6-10-12;1-3-5-4-2;;/h2*7,20-21,34-35,45-50H,1-6,8-19,22-33,36-44H2;1-12H;3-4H2,1-2H3;;/q2*-1;-2;;2*+2. The van der Waals surface area contributed by atoms with Crippen LogP contribution >= 0.6 is 47.5 Å². The van der Waals surface area contributed by atoms with Gasteiger partial charge in [0.15, 0.2) is 0 Å². The van der Waals surface area contributed by atoms with Gasteiger partial charge in [-0.25, -0.2) is 48.1 Å². The van der Waals surface area contributed by atoms with Crippen LogP contribution in [0.1, 0.15) is 399 Å². The summed E-state index contributed by atoms with van der Waals surface area (Å²) in [7, 11) is 0.549. The first kappa shape index (κ1) is 110. The Hall–Kier alpha value is 0.849. The van der Waals surface area contributed by atoms with Crippen molar-refractivity contribution in [1.29, 1.82) is 0 Å². The van der Waals surface area contributed by atoms with E-state index in [1.165, 1.54) is 231 Å². The normalized spacial score (nSPS) is 24.0. The second-order valence-corrected chi connectivity index (χ2v) is 61.6. The molecule has 12 fully saturated rings. The van der Waals surface area contributed by atoms with E-state index in [9.17, 15) is 0 Å². The van der Waals surface area contributed by atoms with E-state index in [1.54, 1.807) is 264 Å². The van der Waals surface area contributed by atoms with Crippen molar-refractivity contribution < 1.29 is 38.9 Å². The summed E-state index contributed by atoms with van der Waals surface area (Å²) in [6.45, 7) is 5.67. The average Bonchev–Trinajstić information content (AvgIpc) is 0.785. The quantitative estimate of drug-likeness (QED) is 0.0366. The van der Waals surface area contributed by atoms with Crippen molar-refractivity contribution in [2.75, 3.05) is 124 Å². The number of benzene rings is 2. The molecule has 0 radical (unpaired) electrons. The summed E-state index contributed by atoms with van der Waals surface area (Å²) >= 11 is 0. The summed E-state index contributed by atoms with van der Waals surface area (Å²) in [5, 5.41) is 0. The molecule has 129 heavy (non-hydrogen) atoms. The summed E-state index contributed by atoms with van der Waals surface area (Å²) in [6.07, 6.45) is 133. The molecule has 11 heteroatoms. The summed E-state index contributed by atoms with van der Waals surface area (Å²) < 4.78 is 4.83. The van der Waals surface area contributed by atoms with Gasteiger partial charge in [-0.3, -0.25) is 0 Å². The zero-order valence-electron chi connectivity index (χ0n) is 84.2. The Kier molecular flexibility index (Phi) is 55.6. The number of allylic oxidation sites excluding steroid dienone is 8. The van der Waals surface area contributed by atoms with Gasteiger partial charge >= 0.3 is 34.1 Å². The molecule has 0 bridgehead atoms. The van der Waals surface area contributed by atoms with Crippen molar-refractivity contribution in [3.05, 3.63) is 122 Å². The molecule has 0 aromatic heterocycles. The van der Waals surface area contributed by atoms with Gasteiger partial charge in [0, 0.05) is 25.5 Å². The molecular formula is C118H200B2Fe2OP6. The van der Waals surface area contributed by atoms with Crippen LogP contribution in [-0.4, -0.2) is 136 Å². The molecule has 12 saturated carbocycles. The fraction of sp³-hybridized carbons (Fsp3) is 0.814. The third-order valence-corrected chi connectivity index (χ3v) is 55.9. The molecule has 0 heterocycles. The molecule has 16 rings (SSSR count). The Labute approximate surface area is 830 Å². The van der Waals surface area contributed by atoms with E-state index in [0.717, 1.165) is 84.2 Å². The van der Waals surface area contributed by atoms with Crippen LogP contribution in [0.15, 0.2) is 109 Å². The largest absolute Gasteiger partial charge is 2.00 e. The third-order valence-electron chi connectivity index (χ3n) is 36.2. The molecular weight excluding hydrogens is 1750 g/mol. The third kappa shape index (κ3) is 41.0. The van der Waals surface area contributed by atoms with Gasteiger partial charge in [-0.05, 0) is 159 Å². The van der Waals surface area contributed by atoms with E-state index in [2.05, 4.69) is 122 Å². The summed E-state index contributed by atoms with van der Waals surface area (Å²) in [5.41, 5.74) is 3.84. The fourth-order valence-corrected chi connectivity index (χ4v) is 55.4. The minimum absolute atomic E-state index is 0. The molecule has 0 spiro atoms. The zero-order valence-corrected chi connectivity index (χ0v) is 91.7. The van der Waals surface area contributed by atoms with Crippen molar-refractivity contribution in [2.45, 2.75) is 399 Å².